The van der Waals surface area contributed by atoms with Gasteiger partial charge in [-0.05, 0) is 12.1 Å². The summed E-state index contributed by atoms with van der Waals surface area (Å²) in [5.74, 6) is -0.785. The highest BCUT2D eigenvalue weighted by Crippen LogP contribution is 2.31. The fourth-order valence-electron chi connectivity index (χ4n) is 2.46. The zero-order valence-electron chi connectivity index (χ0n) is 11.6. The van der Waals surface area contributed by atoms with Gasteiger partial charge in [0.1, 0.15) is 11.4 Å². The van der Waals surface area contributed by atoms with Crippen LogP contribution >= 0.6 is 0 Å². The smallest absolute Gasteiger partial charge is 0.277 e. The molecule has 112 valence electrons. The number of imide groups is 1. The van der Waals surface area contributed by atoms with E-state index in [1.807, 2.05) is 6.07 Å². The number of rotatable bonds is 4. The van der Waals surface area contributed by atoms with Crippen molar-refractivity contribution in [1.29, 1.82) is 0 Å². The van der Waals surface area contributed by atoms with Crippen LogP contribution in [0.1, 0.15) is 0 Å². The monoisotopic (exact) mass is 298 g/mol. The van der Waals surface area contributed by atoms with Crippen LogP contribution in [0.2, 0.25) is 0 Å². The number of aromatic hydroxyl groups is 1. The van der Waals surface area contributed by atoms with Gasteiger partial charge in [-0.15, -0.1) is 0 Å². The summed E-state index contributed by atoms with van der Waals surface area (Å²) in [6, 6.07) is 10.4. The molecule has 2 aromatic carbocycles. The Morgan fingerprint density at radius 1 is 1.05 bits per heavy atom. The maximum Gasteiger partial charge on any atom is 0.277 e. The number of carbonyl (C=O) groups is 2. The summed E-state index contributed by atoms with van der Waals surface area (Å²) in [6.07, 6.45) is 1.21. The van der Waals surface area contributed by atoms with E-state index in [9.17, 15) is 14.7 Å². The fourth-order valence-corrected chi connectivity index (χ4v) is 2.46. The van der Waals surface area contributed by atoms with Crippen LogP contribution in [-0.2, 0) is 9.59 Å². The molecule has 0 spiro atoms. The number of nitrogens with zero attached hydrogens (tertiary/aromatic N) is 1. The van der Waals surface area contributed by atoms with Crippen LogP contribution < -0.4 is 5.32 Å². The molecule has 2 aromatic rings. The molecular weight excluding hydrogens is 284 g/mol. The molecule has 0 bridgehead atoms. The molecule has 2 amide bonds. The number of carbonyl (C=O) groups excluding carboxylic acids is 2. The van der Waals surface area contributed by atoms with Crippen molar-refractivity contribution in [2.24, 2.45) is 0 Å². The SMILES string of the molecule is O=C1C=C(Nc2cccc3c(O)cccc23)C(=O)N1CCO. The Kier molecular flexibility index (Phi) is 3.52. The topological polar surface area (TPSA) is 89.9 Å². The van der Waals surface area contributed by atoms with Gasteiger partial charge in [0.25, 0.3) is 11.8 Å². The van der Waals surface area contributed by atoms with Crippen molar-refractivity contribution >= 4 is 28.3 Å². The van der Waals surface area contributed by atoms with Crippen LogP contribution in [0.3, 0.4) is 0 Å². The normalized spacial score (nSPS) is 14.6. The summed E-state index contributed by atoms with van der Waals surface area (Å²) in [6.45, 7) is -0.309. The standard InChI is InChI=1S/C16H14N2O4/c19-8-7-18-15(21)9-13(16(18)22)17-12-5-1-4-11-10(12)3-2-6-14(11)20/h1-6,9,17,19-20H,7-8H2. The zero-order chi connectivity index (χ0) is 15.7. The lowest BCUT2D eigenvalue weighted by atomic mass is 10.1. The first-order valence-corrected chi connectivity index (χ1v) is 6.78. The molecule has 0 saturated carbocycles. The van der Waals surface area contributed by atoms with E-state index in [2.05, 4.69) is 5.32 Å². The van der Waals surface area contributed by atoms with E-state index < -0.39 is 11.8 Å². The van der Waals surface area contributed by atoms with Gasteiger partial charge in [-0.2, -0.15) is 0 Å². The predicted octanol–water partition coefficient (Wildman–Crippen LogP) is 1.20. The Balaban J connectivity index is 1.95. The largest absolute Gasteiger partial charge is 0.507 e. The number of phenols is 1. The molecule has 1 heterocycles. The third-order valence-corrected chi connectivity index (χ3v) is 3.50. The minimum absolute atomic E-state index is 0.0321. The highest BCUT2D eigenvalue weighted by atomic mass is 16.3. The molecule has 0 atom stereocenters. The Morgan fingerprint density at radius 2 is 1.77 bits per heavy atom. The molecule has 6 nitrogen and oxygen atoms in total. The number of hydrogen-bond donors (Lipinski definition) is 3. The number of fused-ring (bicyclic) bond motifs is 1. The number of phenolic OH excluding ortho intramolecular Hbond substituents is 1. The number of anilines is 1. The number of β-amino-alcohol motifs (C(OH)–C–C–N with tert-alkyl or cyclic N) is 1. The number of amides is 2. The Hall–Kier alpha value is -2.86. The van der Waals surface area contributed by atoms with Crippen LogP contribution in [0.5, 0.6) is 5.75 Å². The number of aliphatic hydroxyl groups is 1. The van der Waals surface area contributed by atoms with E-state index in [4.69, 9.17) is 5.11 Å². The van der Waals surface area contributed by atoms with Crippen LogP contribution in [-0.4, -0.2) is 40.1 Å². The minimum Gasteiger partial charge on any atom is -0.507 e. The molecule has 0 saturated heterocycles. The van der Waals surface area contributed by atoms with Crippen molar-refractivity contribution in [1.82, 2.24) is 4.90 Å². The van der Waals surface area contributed by atoms with Gasteiger partial charge in [-0.3, -0.25) is 14.5 Å². The summed E-state index contributed by atoms with van der Waals surface area (Å²) < 4.78 is 0. The average molecular weight is 298 g/mol. The molecule has 0 fully saturated rings. The maximum atomic E-state index is 12.1. The molecule has 0 aromatic heterocycles. The third-order valence-electron chi connectivity index (χ3n) is 3.50. The Labute approximate surface area is 126 Å². The van der Waals surface area contributed by atoms with Gasteiger partial charge < -0.3 is 15.5 Å². The number of benzene rings is 2. The van der Waals surface area contributed by atoms with E-state index in [1.165, 1.54) is 6.08 Å². The fraction of sp³-hybridized carbons (Fsp3) is 0.125. The Morgan fingerprint density at radius 3 is 2.55 bits per heavy atom. The number of nitrogens with one attached hydrogen (secondary N) is 1. The number of aliphatic hydroxyl groups excluding tert-OH is 1. The van der Waals surface area contributed by atoms with E-state index in [1.54, 1.807) is 30.3 Å². The van der Waals surface area contributed by atoms with E-state index in [0.29, 0.717) is 11.1 Å². The van der Waals surface area contributed by atoms with Gasteiger partial charge in [0.05, 0.1) is 13.2 Å². The molecule has 0 unspecified atom stereocenters. The molecule has 1 aliphatic heterocycles. The van der Waals surface area contributed by atoms with Crippen LogP contribution in [0.15, 0.2) is 48.2 Å². The molecule has 0 radical (unpaired) electrons. The van der Waals surface area contributed by atoms with Crippen molar-refractivity contribution in [2.75, 3.05) is 18.5 Å². The average Bonchev–Trinajstić information content (AvgIpc) is 2.76. The highest BCUT2D eigenvalue weighted by Gasteiger charge is 2.30. The zero-order valence-corrected chi connectivity index (χ0v) is 11.6. The second-order valence-electron chi connectivity index (χ2n) is 4.88. The summed E-state index contributed by atoms with van der Waals surface area (Å²) in [4.78, 5) is 24.8. The third kappa shape index (κ3) is 2.29. The molecule has 22 heavy (non-hydrogen) atoms. The van der Waals surface area contributed by atoms with Gasteiger partial charge in [0.2, 0.25) is 0 Å². The number of hydrogen-bond acceptors (Lipinski definition) is 5. The van der Waals surface area contributed by atoms with E-state index in [0.717, 1.165) is 10.3 Å². The lowest BCUT2D eigenvalue weighted by Crippen LogP contribution is -2.34. The molecule has 3 N–H and O–H groups in total. The van der Waals surface area contributed by atoms with Gasteiger partial charge in [0, 0.05) is 22.5 Å². The molecule has 6 heteroatoms. The summed E-state index contributed by atoms with van der Waals surface area (Å²) in [5.41, 5.74) is 0.765. The summed E-state index contributed by atoms with van der Waals surface area (Å²) >= 11 is 0. The van der Waals surface area contributed by atoms with Gasteiger partial charge in [-0.25, -0.2) is 0 Å². The first-order valence-electron chi connectivity index (χ1n) is 6.78. The van der Waals surface area contributed by atoms with E-state index in [-0.39, 0.29) is 24.6 Å². The van der Waals surface area contributed by atoms with Crippen molar-refractivity contribution in [3.63, 3.8) is 0 Å². The van der Waals surface area contributed by atoms with Crippen molar-refractivity contribution in [3.05, 3.63) is 48.2 Å². The molecule has 0 aliphatic carbocycles. The lowest BCUT2D eigenvalue weighted by Gasteiger charge is -2.14. The van der Waals surface area contributed by atoms with Crippen LogP contribution in [0.25, 0.3) is 10.8 Å². The first kappa shape index (κ1) is 14.1. The maximum absolute atomic E-state index is 12.1. The van der Waals surface area contributed by atoms with Gasteiger partial charge in [0.15, 0.2) is 0 Å². The van der Waals surface area contributed by atoms with Crippen LogP contribution in [0, 0.1) is 0 Å². The summed E-state index contributed by atoms with van der Waals surface area (Å²) in [7, 11) is 0. The highest BCUT2D eigenvalue weighted by molar-refractivity contribution is 6.18. The van der Waals surface area contributed by atoms with Crippen molar-refractivity contribution in [3.8, 4) is 5.75 Å². The van der Waals surface area contributed by atoms with Crippen molar-refractivity contribution < 1.29 is 19.8 Å². The second-order valence-corrected chi connectivity index (χ2v) is 4.88. The lowest BCUT2D eigenvalue weighted by molar-refractivity contribution is -0.137. The van der Waals surface area contributed by atoms with E-state index >= 15 is 0 Å². The van der Waals surface area contributed by atoms with Crippen LogP contribution in [0.4, 0.5) is 5.69 Å². The molecule has 1 aliphatic rings. The minimum atomic E-state index is -0.476. The Bertz CT molecular complexity index is 798. The summed E-state index contributed by atoms with van der Waals surface area (Å²) in [5, 5.41) is 23.1. The second kappa shape index (κ2) is 5.50. The van der Waals surface area contributed by atoms with Gasteiger partial charge >= 0.3 is 0 Å². The quantitative estimate of drug-likeness (QED) is 0.738. The first-order chi connectivity index (χ1) is 10.6. The van der Waals surface area contributed by atoms with Crippen molar-refractivity contribution in [2.45, 2.75) is 0 Å². The molecule has 3 rings (SSSR count). The van der Waals surface area contributed by atoms with Gasteiger partial charge in [-0.1, -0.05) is 24.3 Å². The molecular formula is C16H14N2O4. The predicted molar refractivity (Wildman–Crippen MR) is 81.1 cm³/mol.